The molecule has 3 rings (SSSR count). The molecule has 1 N–H and O–H groups in total. The van der Waals surface area contributed by atoms with Gasteiger partial charge in [0.15, 0.2) is 0 Å². The second kappa shape index (κ2) is 9.50. The van der Waals surface area contributed by atoms with Crippen molar-refractivity contribution in [3.63, 3.8) is 0 Å². The Bertz CT molecular complexity index is 948. The van der Waals surface area contributed by atoms with Crippen molar-refractivity contribution >= 4 is 21.4 Å². The monoisotopic (exact) mass is 415 g/mol. The van der Waals surface area contributed by atoms with Gasteiger partial charge in [0.05, 0.1) is 10.6 Å². The summed E-state index contributed by atoms with van der Waals surface area (Å²) in [5, 5.41) is 18.4. The maximum absolute atomic E-state index is 12.8. The molecule has 7 heteroatoms. The van der Waals surface area contributed by atoms with E-state index in [4.69, 9.17) is 0 Å². The van der Waals surface area contributed by atoms with Crippen LogP contribution < -0.4 is 0 Å². The molecule has 2 aromatic carbocycles. The topological polar surface area (TPSA) is 82.3 Å². The van der Waals surface area contributed by atoms with Gasteiger partial charge in [-0.1, -0.05) is 32.8 Å². The SMILES string of the molecule is CCC(C)c1ccc(O)c(N=Nc2ccc(S(=O)(=O)N3CCCCCC3)cc2)c1. The quantitative estimate of drug-likeness (QED) is 0.598. The van der Waals surface area contributed by atoms with Crippen molar-refractivity contribution in [1.82, 2.24) is 4.31 Å². The Morgan fingerprint density at radius 1 is 1.00 bits per heavy atom. The summed E-state index contributed by atoms with van der Waals surface area (Å²) in [6, 6.07) is 11.8. The molecule has 156 valence electrons. The van der Waals surface area contributed by atoms with Gasteiger partial charge in [0, 0.05) is 13.1 Å². The van der Waals surface area contributed by atoms with Crippen LogP contribution in [-0.4, -0.2) is 30.9 Å². The van der Waals surface area contributed by atoms with Crippen LogP contribution >= 0.6 is 0 Å². The third kappa shape index (κ3) is 5.22. The van der Waals surface area contributed by atoms with Gasteiger partial charge >= 0.3 is 0 Å². The van der Waals surface area contributed by atoms with Crippen LogP contribution in [0.25, 0.3) is 0 Å². The molecule has 1 unspecified atom stereocenters. The van der Waals surface area contributed by atoms with Gasteiger partial charge < -0.3 is 5.11 Å². The van der Waals surface area contributed by atoms with Gasteiger partial charge in [-0.05, 0) is 67.1 Å². The number of sulfonamides is 1. The first-order valence-electron chi connectivity index (χ1n) is 10.3. The maximum atomic E-state index is 12.8. The van der Waals surface area contributed by atoms with Crippen LogP contribution in [0.1, 0.15) is 57.4 Å². The van der Waals surface area contributed by atoms with E-state index in [9.17, 15) is 13.5 Å². The van der Waals surface area contributed by atoms with Crippen molar-refractivity contribution in [2.24, 2.45) is 10.2 Å². The number of hydrogen-bond acceptors (Lipinski definition) is 5. The molecule has 0 spiro atoms. The number of rotatable bonds is 6. The Morgan fingerprint density at radius 3 is 2.28 bits per heavy atom. The van der Waals surface area contributed by atoms with Crippen LogP contribution in [0, 0.1) is 0 Å². The Hall–Kier alpha value is -2.25. The molecule has 1 fully saturated rings. The third-order valence-corrected chi connectivity index (χ3v) is 7.41. The summed E-state index contributed by atoms with van der Waals surface area (Å²) in [7, 11) is -3.47. The molecule has 6 nitrogen and oxygen atoms in total. The first kappa shape index (κ1) is 21.5. The summed E-state index contributed by atoms with van der Waals surface area (Å²) in [4.78, 5) is 0.278. The number of phenolic OH excluding ortho intramolecular Hbond substituents is 1. The zero-order valence-electron chi connectivity index (χ0n) is 17.1. The molecule has 2 aromatic rings. The van der Waals surface area contributed by atoms with Crippen molar-refractivity contribution < 1.29 is 13.5 Å². The Morgan fingerprint density at radius 2 is 1.66 bits per heavy atom. The van der Waals surface area contributed by atoms with Gasteiger partial charge in [0.25, 0.3) is 0 Å². The molecule has 1 aliphatic rings. The average Bonchev–Trinajstić information content (AvgIpc) is 3.03. The Labute approximate surface area is 173 Å². The highest BCUT2D eigenvalue weighted by atomic mass is 32.2. The Balaban J connectivity index is 1.77. The van der Waals surface area contributed by atoms with E-state index < -0.39 is 10.0 Å². The lowest BCUT2D eigenvalue weighted by atomic mass is 9.98. The van der Waals surface area contributed by atoms with Crippen molar-refractivity contribution in [3.05, 3.63) is 48.0 Å². The average molecular weight is 416 g/mol. The van der Waals surface area contributed by atoms with E-state index in [0.717, 1.165) is 37.7 Å². The fourth-order valence-corrected chi connectivity index (χ4v) is 4.91. The van der Waals surface area contributed by atoms with Gasteiger partial charge in [-0.3, -0.25) is 0 Å². The number of benzene rings is 2. The molecular formula is C22H29N3O3S. The van der Waals surface area contributed by atoms with E-state index in [0.29, 0.717) is 30.4 Å². The highest BCUT2D eigenvalue weighted by molar-refractivity contribution is 7.89. The van der Waals surface area contributed by atoms with Gasteiger partial charge in [0.1, 0.15) is 11.4 Å². The van der Waals surface area contributed by atoms with Crippen LogP contribution in [0.3, 0.4) is 0 Å². The fourth-order valence-electron chi connectivity index (χ4n) is 3.39. The normalized spacial score (nSPS) is 17.3. The summed E-state index contributed by atoms with van der Waals surface area (Å²) in [6.45, 7) is 5.39. The highest BCUT2D eigenvalue weighted by Crippen LogP contribution is 2.32. The van der Waals surface area contributed by atoms with E-state index in [-0.39, 0.29) is 10.6 Å². The molecule has 0 aliphatic carbocycles. The van der Waals surface area contributed by atoms with Crippen LogP contribution in [-0.2, 0) is 10.0 Å². The predicted molar refractivity (Wildman–Crippen MR) is 115 cm³/mol. The molecule has 1 atom stereocenters. The number of nitrogens with zero attached hydrogens (tertiary/aromatic N) is 3. The lowest BCUT2D eigenvalue weighted by molar-refractivity contribution is 0.424. The summed E-state index contributed by atoms with van der Waals surface area (Å²) in [6.07, 6.45) is 4.97. The van der Waals surface area contributed by atoms with E-state index in [1.807, 2.05) is 12.1 Å². The predicted octanol–water partition coefficient (Wildman–Crippen LogP) is 5.89. The van der Waals surface area contributed by atoms with Crippen molar-refractivity contribution in [1.29, 1.82) is 0 Å². The summed E-state index contributed by atoms with van der Waals surface area (Å²) < 4.78 is 27.3. The van der Waals surface area contributed by atoms with Gasteiger partial charge in [0.2, 0.25) is 10.0 Å². The maximum Gasteiger partial charge on any atom is 0.243 e. The standard InChI is InChI=1S/C22H29N3O3S/c1-3-17(2)18-8-13-22(26)21(16-18)24-23-19-9-11-20(12-10-19)29(27,28)25-14-6-4-5-7-15-25/h8-13,16-17,26H,3-7,14-15H2,1-2H3. The van der Waals surface area contributed by atoms with Crippen molar-refractivity contribution in [2.75, 3.05) is 13.1 Å². The molecule has 1 saturated heterocycles. The van der Waals surface area contributed by atoms with E-state index in [1.54, 1.807) is 34.6 Å². The second-order valence-corrected chi connectivity index (χ2v) is 9.51. The molecule has 1 heterocycles. The minimum atomic E-state index is -3.47. The number of aromatic hydroxyl groups is 1. The van der Waals surface area contributed by atoms with E-state index >= 15 is 0 Å². The zero-order valence-corrected chi connectivity index (χ0v) is 17.9. The molecule has 0 saturated carbocycles. The van der Waals surface area contributed by atoms with E-state index in [1.165, 1.54) is 0 Å². The molecule has 29 heavy (non-hydrogen) atoms. The summed E-state index contributed by atoms with van der Waals surface area (Å²) in [5.41, 5.74) is 2.04. The highest BCUT2D eigenvalue weighted by Gasteiger charge is 2.24. The van der Waals surface area contributed by atoms with Crippen LogP contribution in [0.5, 0.6) is 5.75 Å². The van der Waals surface area contributed by atoms with Crippen molar-refractivity contribution in [2.45, 2.75) is 56.8 Å². The van der Waals surface area contributed by atoms with Crippen molar-refractivity contribution in [3.8, 4) is 5.75 Å². The first-order chi connectivity index (χ1) is 13.9. The van der Waals surface area contributed by atoms with Gasteiger partial charge in [-0.15, -0.1) is 5.11 Å². The lowest BCUT2D eigenvalue weighted by Gasteiger charge is -2.19. The van der Waals surface area contributed by atoms with Crippen LogP contribution in [0.15, 0.2) is 57.6 Å². The fraction of sp³-hybridized carbons (Fsp3) is 0.455. The number of azo groups is 1. The minimum absolute atomic E-state index is 0.0705. The molecule has 1 aliphatic heterocycles. The van der Waals surface area contributed by atoms with E-state index in [2.05, 4.69) is 24.1 Å². The molecule has 0 amide bonds. The van der Waals surface area contributed by atoms with Crippen LogP contribution in [0.2, 0.25) is 0 Å². The largest absolute Gasteiger partial charge is 0.506 e. The minimum Gasteiger partial charge on any atom is -0.506 e. The second-order valence-electron chi connectivity index (χ2n) is 7.57. The third-order valence-electron chi connectivity index (χ3n) is 5.49. The molecule has 0 aromatic heterocycles. The number of phenols is 1. The smallest absolute Gasteiger partial charge is 0.243 e. The summed E-state index contributed by atoms with van der Waals surface area (Å²) in [5.74, 6) is 0.439. The first-order valence-corrected chi connectivity index (χ1v) is 11.7. The van der Waals surface area contributed by atoms with Gasteiger partial charge in [-0.2, -0.15) is 9.42 Å². The molecular weight excluding hydrogens is 386 g/mol. The molecule has 0 radical (unpaired) electrons. The summed E-state index contributed by atoms with van der Waals surface area (Å²) >= 11 is 0. The lowest BCUT2D eigenvalue weighted by Crippen LogP contribution is -2.31. The van der Waals surface area contributed by atoms with Crippen LogP contribution in [0.4, 0.5) is 11.4 Å². The number of hydrogen-bond donors (Lipinski definition) is 1. The zero-order chi connectivity index (χ0) is 20.9. The molecule has 0 bridgehead atoms. The Kier molecular flexibility index (Phi) is 7.03. The van der Waals surface area contributed by atoms with Gasteiger partial charge in [-0.25, -0.2) is 8.42 Å².